The van der Waals surface area contributed by atoms with E-state index < -0.39 is 6.10 Å². The molecule has 24 heavy (non-hydrogen) atoms. The molecule has 3 nitrogen and oxygen atoms in total. The second kappa shape index (κ2) is 8.53. The van der Waals surface area contributed by atoms with Crippen molar-refractivity contribution in [3.8, 4) is 5.75 Å². The van der Waals surface area contributed by atoms with Crippen LogP contribution in [0.3, 0.4) is 0 Å². The van der Waals surface area contributed by atoms with Gasteiger partial charge < -0.3 is 10.1 Å². The van der Waals surface area contributed by atoms with Crippen LogP contribution in [0.4, 0.5) is 0 Å². The fourth-order valence-corrected chi connectivity index (χ4v) is 2.64. The van der Waals surface area contributed by atoms with Crippen molar-refractivity contribution in [3.05, 3.63) is 65.2 Å². The van der Waals surface area contributed by atoms with Gasteiger partial charge in [0.2, 0.25) is 0 Å². The van der Waals surface area contributed by atoms with Crippen LogP contribution in [0.2, 0.25) is 0 Å². The summed E-state index contributed by atoms with van der Waals surface area (Å²) in [6, 6.07) is 16.4. The molecule has 0 aliphatic rings. The summed E-state index contributed by atoms with van der Waals surface area (Å²) < 4.78 is 5.81. The van der Waals surface area contributed by atoms with Gasteiger partial charge in [-0.1, -0.05) is 48.0 Å². The summed E-state index contributed by atoms with van der Waals surface area (Å²) in [7, 11) is 0. The molecule has 2 aromatic carbocycles. The van der Waals surface area contributed by atoms with E-state index in [0.717, 1.165) is 24.2 Å². The van der Waals surface area contributed by atoms with Gasteiger partial charge in [-0.05, 0) is 57.7 Å². The Balaban J connectivity index is 1.82. The van der Waals surface area contributed by atoms with Gasteiger partial charge in [0, 0.05) is 6.04 Å². The fourth-order valence-electron chi connectivity index (χ4n) is 2.64. The summed E-state index contributed by atoms with van der Waals surface area (Å²) in [6.45, 7) is 7.86. The highest BCUT2D eigenvalue weighted by Gasteiger charge is 2.17. The van der Waals surface area contributed by atoms with Gasteiger partial charge in [0.15, 0.2) is 6.10 Å². The lowest BCUT2D eigenvalue weighted by molar-refractivity contribution is -0.127. The third kappa shape index (κ3) is 5.41. The molecule has 2 aromatic rings. The molecule has 2 atom stereocenters. The van der Waals surface area contributed by atoms with Crippen LogP contribution in [0.5, 0.6) is 5.75 Å². The number of hydrogen-bond donors (Lipinski definition) is 1. The Labute approximate surface area is 145 Å². The van der Waals surface area contributed by atoms with Crippen LogP contribution in [0, 0.1) is 13.8 Å². The molecule has 0 spiro atoms. The van der Waals surface area contributed by atoms with E-state index in [1.807, 2.05) is 51.1 Å². The topological polar surface area (TPSA) is 38.3 Å². The molecule has 0 radical (unpaired) electrons. The molecule has 0 saturated carbocycles. The monoisotopic (exact) mass is 325 g/mol. The summed E-state index contributed by atoms with van der Waals surface area (Å²) >= 11 is 0. The summed E-state index contributed by atoms with van der Waals surface area (Å²) in [6.07, 6.45) is 1.35. The van der Waals surface area contributed by atoms with Crippen molar-refractivity contribution in [2.75, 3.05) is 0 Å². The molecule has 2 rings (SSSR count). The Bertz CT molecular complexity index is 667. The van der Waals surface area contributed by atoms with Gasteiger partial charge in [-0.25, -0.2) is 0 Å². The predicted octanol–water partition coefficient (Wildman–Crippen LogP) is 4.21. The molecule has 1 N–H and O–H groups in total. The normalized spacial score (nSPS) is 13.2. The number of nitrogens with one attached hydrogen (secondary N) is 1. The third-order valence-corrected chi connectivity index (χ3v) is 4.10. The van der Waals surface area contributed by atoms with E-state index >= 15 is 0 Å². The highest BCUT2D eigenvalue weighted by Crippen LogP contribution is 2.20. The number of aryl methyl sites for hydroxylation is 3. The van der Waals surface area contributed by atoms with Crippen LogP contribution in [0.1, 0.15) is 37.0 Å². The molecule has 0 aliphatic heterocycles. The maximum atomic E-state index is 12.3. The Hall–Kier alpha value is -2.29. The third-order valence-electron chi connectivity index (χ3n) is 4.10. The summed E-state index contributed by atoms with van der Waals surface area (Å²) in [5.74, 6) is 0.690. The van der Waals surface area contributed by atoms with E-state index in [1.54, 1.807) is 6.92 Å². The minimum Gasteiger partial charge on any atom is -0.481 e. The Kier molecular flexibility index (Phi) is 6.42. The maximum absolute atomic E-state index is 12.3. The van der Waals surface area contributed by atoms with Crippen LogP contribution in [0.15, 0.2) is 48.5 Å². The first kappa shape index (κ1) is 18.1. The van der Waals surface area contributed by atoms with E-state index in [1.165, 1.54) is 11.1 Å². The number of carbonyl (C=O) groups excluding carboxylic acids is 1. The van der Waals surface area contributed by atoms with Gasteiger partial charge in [0.05, 0.1) is 0 Å². The molecule has 0 aliphatic carbocycles. The summed E-state index contributed by atoms with van der Waals surface area (Å²) in [5.41, 5.74) is 3.52. The standard InChI is InChI=1S/C21H27NO2/c1-15-10-13-20(16(2)14-15)24-18(4)21(23)22-17(3)11-12-19-8-6-5-7-9-19/h5-10,13-14,17-18H,11-12H2,1-4H3,(H,22,23)/t17-,18+/m1/s1. The SMILES string of the molecule is Cc1ccc(O[C@@H](C)C(=O)N[C@H](C)CCc2ccccc2)c(C)c1. The highest BCUT2D eigenvalue weighted by atomic mass is 16.5. The van der Waals surface area contributed by atoms with E-state index in [0.29, 0.717) is 0 Å². The first-order chi connectivity index (χ1) is 11.5. The largest absolute Gasteiger partial charge is 0.481 e. The predicted molar refractivity (Wildman–Crippen MR) is 98.4 cm³/mol. The number of ether oxygens (including phenoxy) is 1. The number of benzene rings is 2. The Morgan fingerprint density at radius 2 is 1.79 bits per heavy atom. The van der Waals surface area contributed by atoms with E-state index in [-0.39, 0.29) is 11.9 Å². The van der Waals surface area contributed by atoms with Crippen LogP contribution >= 0.6 is 0 Å². The molecule has 0 unspecified atom stereocenters. The van der Waals surface area contributed by atoms with Crippen molar-refractivity contribution >= 4 is 5.91 Å². The molecule has 128 valence electrons. The van der Waals surface area contributed by atoms with Crippen LogP contribution in [-0.4, -0.2) is 18.1 Å². The van der Waals surface area contributed by atoms with E-state index in [2.05, 4.69) is 23.5 Å². The number of carbonyl (C=O) groups is 1. The lowest BCUT2D eigenvalue weighted by Gasteiger charge is -2.19. The number of amides is 1. The van der Waals surface area contributed by atoms with Crippen molar-refractivity contribution in [2.45, 2.75) is 52.7 Å². The zero-order valence-electron chi connectivity index (χ0n) is 15.0. The van der Waals surface area contributed by atoms with Crippen LogP contribution in [0.25, 0.3) is 0 Å². The maximum Gasteiger partial charge on any atom is 0.260 e. The first-order valence-corrected chi connectivity index (χ1v) is 8.54. The van der Waals surface area contributed by atoms with Crippen LogP contribution < -0.4 is 10.1 Å². The second-order valence-electron chi connectivity index (χ2n) is 6.46. The van der Waals surface area contributed by atoms with Gasteiger partial charge in [-0.2, -0.15) is 0 Å². The lowest BCUT2D eigenvalue weighted by atomic mass is 10.1. The van der Waals surface area contributed by atoms with Crippen molar-refractivity contribution in [1.29, 1.82) is 0 Å². The molecule has 0 bridgehead atoms. The van der Waals surface area contributed by atoms with Crippen molar-refractivity contribution < 1.29 is 9.53 Å². The molecule has 1 amide bonds. The van der Waals surface area contributed by atoms with Crippen molar-refractivity contribution in [3.63, 3.8) is 0 Å². The smallest absolute Gasteiger partial charge is 0.260 e. The minimum absolute atomic E-state index is 0.0736. The van der Waals surface area contributed by atoms with Gasteiger partial charge in [-0.3, -0.25) is 4.79 Å². The van der Waals surface area contributed by atoms with Gasteiger partial charge in [0.25, 0.3) is 5.91 Å². The molecule has 3 heteroatoms. The van der Waals surface area contributed by atoms with Gasteiger partial charge in [0.1, 0.15) is 5.75 Å². The summed E-state index contributed by atoms with van der Waals surface area (Å²) in [5, 5.41) is 3.04. The van der Waals surface area contributed by atoms with E-state index in [9.17, 15) is 4.79 Å². The Morgan fingerprint density at radius 1 is 1.08 bits per heavy atom. The highest BCUT2D eigenvalue weighted by molar-refractivity contribution is 5.81. The second-order valence-corrected chi connectivity index (χ2v) is 6.46. The number of hydrogen-bond acceptors (Lipinski definition) is 2. The van der Waals surface area contributed by atoms with Crippen LogP contribution in [-0.2, 0) is 11.2 Å². The molecule has 0 fully saturated rings. The zero-order valence-corrected chi connectivity index (χ0v) is 15.0. The lowest BCUT2D eigenvalue weighted by Crippen LogP contribution is -2.41. The van der Waals surface area contributed by atoms with Crippen molar-refractivity contribution in [2.24, 2.45) is 0 Å². The molecular formula is C21H27NO2. The van der Waals surface area contributed by atoms with E-state index in [4.69, 9.17) is 4.74 Å². The zero-order chi connectivity index (χ0) is 17.5. The summed E-state index contributed by atoms with van der Waals surface area (Å²) in [4.78, 5) is 12.3. The molecule has 0 aromatic heterocycles. The first-order valence-electron chi connectivity index (χ1n) is 8.54. The molecule has 0 saturated heterocycles. The Morgan fingerprint density at radius 3 is 2.46 bits per heavy atom. The fraction of sp³-hybridized carbons (Fsp3) is 0.381. The quantitative estimate of drug-likeness (QED) is 0.828. The average molecular weight is 325 g/mol. The van der Waals surface area contributed by atoms with Gasteiger partial charge >= 0.3 is 0 Å². The molecular weight excluding hydrogens is 298 g/mol. The van der Waals surface area contributed by atoms with Crippen molar-refractivity contribution in [1.82, 2.24) is 5.32 Å². The molecule has 0 heterocycles. The number of rotatable bonds is 7. The van der Waals surface area contributed by atoms with Gasteiger partial charge in [-0.15, -0.1) is 0 Å². The average Bonchev–Trinajstić information content (AvgIpc) is 2.56. The minimum atomic E-state index is -0.509.